The van der Waals surface area contributed by atoms with Gasteiger partial charge in [0, 0.05) is 31.9 Å². The number of hydrogen-bond donors (Lipinski definition) is 1. The molecule has 1 fully saturated rings. The number of halogens is 4. The zero-order valence-electron chi connectivity index (χ0n) is 15.6. The normalized spacial score (nSPS) is 16.5. The lowest BCUT2D eigenvalue weighted by molar-refractivity contribution is -0.137. The topological polar surface area (TPSA) is 35.6 Å². The molecule has 8 heteroatoms. The molecule has 0 unspecified atom stereocenters. The number of hydrogen-bond acceptors (Lipinski definition) is 3. The van der Waals surface area contributed by atoms with Crippen LogP contribution in [0.3, 0.4) is 0 Å². The van der Waals surface area contributed by atoms with Crippen LogP contribution in [0.4, 0.5) is 18.9 Å². The number of anilines is 1. The second kappa shape index (κ2) is 10.3. The zero-order valence-corrected chi connectivity index (χ0v) is 16.4. The lowest BCUT2D eigenvalue weighted by Crippen LogP contribution is -2.48. The Balaban J connectivity index is 1.77. The number of piperazine rings is 1. The van der Waals surface area contributed by atoms with Gasteiger partial charge in [-0.3, -0.25) is 9.69 Å². The summed E-state index contributed by atoms with van der Waals surface area (Å²) >= 11 is 5.59. The number of nitrogens with one attached hydrogen (secondary N) is 1. The number of alkyl halides is 3. The van der Waals surface area contributed by atoms with Crippen molar-refractivity contribution in [1.29, 1.82) is 0 Å². The fraction of sp³-hybridized carbons (Fsp3) is 0.632. The summed E-state index contributed by atoms with van der Waals surface area (Å²) in [6.07, 6.45) is 0.389. The fourth-order valence-corrected chi connectivity index (χ4v) is 3.38. The molecule has 0 bridgehead atoms. The van der Waals surface area contributed by atoms with E-state index in [1.807, 2.05) is 4.90 Å². The van der Waals surface area contributed by atoms with Crippen LogP contribution in [0.2, 0.25) is 5.02 Å². The smallest absolute Gasteiger partial charge is 0.325 e. The summed E-state index contributed by atoms with van der Waals surface area (Å²) in [7, 11) is 0. The van der Waals surface area contributed by atoms with Crippen molar-refractivity contribution in [3.63, 3.8) is 0 Å². The molecule has 1 aliphatic heterocycles. The number of benzene rings is 1. The molecule has 0 radical (unpaired) electrons. The van der Waals surface area contributed by atoms with E-state index in [2.05, 4.69) is 17.1 Å². The molecule has 0 spiro atoms. The van der Waals surface area contributed by atoms with E-state index in [0.29, 0.717) is 0 Å². The van der Waals surface area contributed by atoms with E-state index in [1.165, 1.54) is 31.7 Å². The molecule has 1 aromatic rings. The van der Waals surface area contributed by atoms with E-state index in [9.17, 15) is 18.0 Å². The SMILES string of the molecule is CCCCCCN1CCN(CC(=O)Nc2ccc(Cl)c(C(F)(F)F)c2)CC1. The maximum atomic E-state index is 12.9. The average Bonchev–Trinajstić information content (AvgIpc) is 2.61. The van der Waals surface area contributed by atoms with Crippen LogP contribution in [0.25, 0.3) is 0 Å². The van der Waals surface area contributed by atoms with E-state index in [-0.39, 0.29) is 23.2 Å². The first-order valence-corrected chi connectivity index (χ1v) is 9.78. The van der Waals surface area contributed by atoms with Crippen LogP contribution in [0.15, 0.2) is 18.2 Å². The van der Waals surface area contributed by atoms with Crippen molar-refractivity contribution in [2.24, 2.45) is 0 Å². The summed E-state index contributed by atoms with van der Waals surface area (Å²) in [5.74, 6) is -0.318. The third-order valence-electron chi connectivity index (χ3n) is 4.72. The molecule has 0 saturated carbocycles. The summed E-state index contributed by atoms with van der Waals surface area (Å²) in [5.41, 5.74) is -0.843. The second-order valence-electron chi connectivity index (χ2n) is 6.92. The number of nitrogens with zero attached hydrogens (tertiary/aromatic N) is 2. The van der Waals surface area contributed by atoms with Crippen LogP contribution < -0.4 is 5.32 Å². The minimum absolute atomic E-state index is 0.103. The lowest BCUT2D eigenvalue weighted by Gasteiger charge is -2.34. The fourth-order valence-electron chi connectivity index (χ4n) is 3.16. The van der Waals surface area contributed by atoms with Gasteiger partial charge in [0.25, 0.3) is 0 Å². The van der Waals surface area contributed by atoms with Gasteiger partial charge in [-0.15, -0.1) is 0 Å². The Bertz CT molecular complexity index is 617. The standard InChI is InChI=1S/C19H27ClF3N3O/c1-2-3-4-5-8-25-9-11-26(12-10-25)14-18(27)24-15-6-7-17(20)16(13-15)19(21,22)23/h6-7,13H,2-5,8-12,14H2,1H3,(H,24,27). The first-order chi connectivity index (χ1) is 12.8. The highest BCUT2D eigenvalue weighted by Crippen LogP contribution is 2.36. The van der Waals surface area contributed by atoms with Crippen molar-refractivity contribution in [3.8, 4) is 0 Å². The van der Waals surface area contributed by atoms with Crippen LogP contribution in [-0.2, 0) is 11.0 Å². The third-order valence-corrected chi connectivity index (χ3v) is 5.05. The molecule has 1 N–H and O–H groups in total. The summed E-state index contributed by atoms with van der Waals surface area (Å²) in [5, 5.41) is 2.16. The highest BCUT2D eigenvalue weighted by atomic mass is 35.5. The number of amides is 1. The van der Waals surface area contributed by atoms with E-state index in [4.69, 9.17) is 11.6 Å². The van der Waals surface area contributed by atoms with Crippen molar-refractivity contribution in [2.75, 3.05) is 44.6 Å². The summed E-state index contributed by atoms with van der Waals surface area (Å²) in [4.78, 5) is 16.6. The summed E-state index contributed by atoms with van der Waals surface area (Å²) < 4.78 is 38.7. The molecule has 1 amide bonds. The Hall–Kier alpha value is -1.31. The third kappa shape index (κ3) is 7.31. The molecular formula is C19H27ClF3N3O. The van der Waals surface area contributed by atoms with Crippen molar-refractivity contribution in [1.82, 2.24) is 9.80 Å². The molecule has 1 aliphatic rings. The van der Waals surface area contributed by atoms with Crippen molar-refractivity contribution in [3.05, 3.63) is 28.8 Å². The van der Waals surface area contributed by atoms with Gasteiger partial charge in [0.15, 0.2) is 0 Å². The van der Waals surface area contributed by atoms with E-state index in [1.54, 1.807) is 0 Å². The summed E-state index contributed by atoms with van der Waals surface area (Å²) in [6.45, 7) is 6.86. The van der Waals surface area contributed by atoms with E-state index < -0.39 is 11.7 Å². The maximum Gasteiger partial charge on any atom is 0.417 e. The second-order valence-corrected chi connectivity index (χ2v) is 7.33. The molecule has 1 saturated heterocycles. The first kappa shape index (κ1) is 22.0. The monoisotopic (exact) mass is 405 g/mol. The van der Waals surface area contributed by atoms with Crippen molar-refractivity contribution < 1.29 is 18.0 Å². The number of rotatable bonds is 8. The van der Waals surface area contributed by atoms with Crippen LogP contribution in [0, 0.1) is 0 Å². The molecule has 152 valence electrons. The molecule has 0 aromatic heterocycles. The molecule has 1 aromatic carbocycles. The predicted molar refractivity (Wildman–Crippen MR) is 102 cm³/mol. The van der Waals surface area contributed by atoms with Crippen LogP contribution in [0.5, 0.6) is 0 Å². The van der Waals surface area contributed by atoms with Gasteiger partial charge in [-0.2, -0.15) is 13.2 Å². The van der Waals surface area contributed by atoms with Gasteiger partial charge >= 0.3 is 6.18 Å². The zero-order chi connectivity index (χ0) is 19.9. The van der Waals surface area contributed by atoms with Crippen molar-refractivity contribution >= 4 is 23.2 Å². The Morgan fingerprint density at radius 3 is 2.41 bits per heavy atom. The van der Waals surface area contributed by atoms with Gasteiger partial charge in [-0.25, -0.2) is 0 Å². The number of unbranched alkanes of at least 4 members (excludes halogenated alkanes) is 3. The molecule has 4 nitrogen and oxygen atoms in total. The highest BCUT2D eigenvalue weighted by Gasteiger charge is 2.33. The van der Waals surface area contributed by atoms with Crippen LogP contribution >= 0.6 is 11.6 Å². The molecule has 0 aliphatic carbocycles. The summed E-state index contributed by atoms with van der Waals surface area (Å²) in [6, 6.07) is 3.40. The Morgan fingerprint density at radius 1 is 1.11 bits per heavy atom. The maximum absolute atomic E-state index is 12.9. The Kier molecular flexibility index (Phi) is 8.38. The minimum Gasteiger partial charge on any atom is -0.325 e. The van der Waals surface area contributed by atoms with Gasteiger partial charge in [0.05, 0.1) is 17.1 Å². The van der Waals surface area contributed by atoms with Gasteiger partial charge in [-0.1, -0.05) is 37.8 Å². The lowest BCUT2D eigenvalue weighted by atomic mass is 10.2. The quantitative estimate of drug-likeness (QED) is 0.647. The minimum atomic E-state index is -4.55. The van der Waals surface area contributed by atoms with Crippen LogP contribution in [-0.4, -0.2) is 55.0 Å². The van der Waals surface area contributed by atoms with E-state index in [0.717, 1.165) is 44.9 Å². The molecular weight excluding hydrogens is 379 g/mol. The molecule has 1 heterocycles. The number of carbonyl (C=O) groups excluding carboxylic acids is 1. The average molecular weight is 406 g/mol. The largest absolute Gasteiger partial charge is 0.417 e. The Morgan fingerprint density at radius 2 is 1.78 bits per heavy atom. The molecule has 2 rings (SSSR count). The number of carbonyl (C=O) groups is 1. The van der Waals surface area contributed by atoms with Gasteiger partial charge in [-0.05, 0) is 31.2 Å². The van der Waals surface area contributed by atoms with Crippen molar-refractivity contribution in [2.45, 2.75) is 38.8 Å². The predicted octanol–water partition coefficient (Wildman–Crippen LogP) is 4.50. The Labute approximate surface area is 163 Å². The van der Waals surface area contributed by atoms with Gasteiger partial charge in [0.1, 0.15) is 0 Å². The van der Waals surface area contributed by atoms with Gasteiger partial charge < -0.3 is 10.2 Å². The molecule has 27 heavy (non-hydrogen) atoms. The molecule has 0 atom stereocenters. The first-order valence-electron chi connectivity index (χ1n) is 9.41. The van der Waals surface area contributed by atoms with Crippen LogP contribution in [0.1, 0.15) is 38.2 Å². The highest BCUT2D eigenvalue weighted by molar-refractivity contribution is 6.31. The van der Waals surface area contributed by atoms with Gasteiger partial charge in [0.2, 0.25) is 5.91 Å². The van der Waals surface area contributed by atoms with E-state index >= 15 is 0 Å².